The summed E-state index contributed by atoms with van der Waals surface area (Å²) >= 11 is 0. The molecule has 0 aromatic heterocycles. The monoisotopic (exact) mass is 331 g/mol. The fourth-order valence-electron chi connectivity index (χ4n) is 3.88. The first kappa shape index (κ1) is 17.0. The van der Waals surface area contributed by atoms with Crippen LogP contribution < -0.4 is 0 Å². The van der Waals surface area contributed by atoms with Crippen molar-refractivity contribution in [1.29, 1.82) is 0 Å². The predicted octanol–water partition coefficient (Wildman–Crippen LogP) is 2.37. The van der Waals surface area contributed by atoms with Crippen molar-refractivity contribution in [3.63, 3.8) is 0 Å². The molecule has 5 nitrogen and oxygen atoms in total. The standard InChI is InChI=1S/C19H25NO4/c1-14-4-6-16(7-5-14)19(8-11-24-12-9-19)18(23)20-10-2-3-15(13-20)17(21)22/h4-7,15H,2-3,8-13H2,1H3,(H,21,22)/t15-/m0/s1. The normalized spacial score (nSPS) is 23.7. The molecular weight excluding hydrogens is 306 g/mol. The second-order valence-electron chi connectivity index (χ2n) is 6.99. The Hall–Kier alpha value is -1.88. The van der Waals surface area contributed by atoms with Crippen LogP contribution >= 0.6 is 0 Å². The molecule has 2 aliphatic rings. The quantitative estimate of drug-likeness (QED) is 0.923. The summed E-state index contributed by atoms with van der Waals surface area (Å²) < 4.78 is 5.50. The van der Waals surface area contributed by atoms with Crippen LogP contribution in [0, 0.1) is 12.8 Å². The molecule has 0 unspecified atom stereocenters. The van der Waals surface area contributed by atoms with Crippen LogP contribution in [0.4, 0.5) is 0 Å². The highest BCUT2D eigenvalue weighted by Crippen LogP contribution is 2.38. The number of likely N-dealkylation sites (tertiary alicyclic amines) is 1. The van der Waals surface area contributed by atoms with E-state index in [0.717, 1.165) is 17.5 Å². The zero-order valence-electron chi connectivity index (χ0n) is 14.2. The molecule has 1 atom stereocenters. The number of carboxylic acid groups (broad SMARTS) is 1. The maximum Gasteiger partial charge on any atom is 0.308 e. The number of hydrogen-bond donors (Lipinski definition) is 1. The van der Waals surface area contributed by atoms with E-state index in [1.165, 1.54) is 0 Å². The lowest BCUT2D eigenvalue weighted by molar-refractivity contribution is -0.149. The van der Waals surface area contributed by atoms with Crippen LogP contribution in [0.3, 0.4) is 0 Å². The van der Waals surface area contributed by atoms with Gasteiger partial charge in [-0.25, -0.2) is 0 Å². The molecule has 0 aliphatic carbocycles. The molecule has 130 valence electrons. The summed E-state index contributed by atoms with van der Waals surface area (Å²) in [5, 5.41) is 9.30. The van der Waals surface area contributed by atoms with Crippen molar-refractivity contribution in [2.45, 2.75) is 38.0 Å². The molecule has 0 radical (unpaired) electrons. The van der Waals surface area contributed by atoms with Gasteiger partial charge in [0.25, 0.3) is 0 Å². The van der Waals surface area contributed by atoms with Crippen molar-refractivity contribution in [3.8, 4) is 0 Å². The Labute approximate surface area is 142 Å². The van der Waals surface area contributed by atoms with Crippen molar-refractivity contribution < 1.29 is 19.4 Å². The Morgan fingerprint density at radius 1 is 1.21 bits per heavy atom. The summed E-state index contributed by atoms with van der Waals surface area (Å²) in [6.07, 6.45) is 2.72. The molecule has 1 aromatic rings. The zero-order valence-corrected chi connectivity index (χ0v) is 14.2. The molecule has 0 bridgehead atoms. The third-order valence-corrected chi connectivity index (χ3v) is 5.42. The Bertz CT molecular complexity index is 604. The molecule has 3 rings (SSSR count). The molecule has 0 spiro atoms. The first-order chi connectivity index (χ1) is 11.5. The van der Waals surface area contributed by atoms with Gasteiger partial charge in [-0.05, 0) is 38.2 Å². The van der Waals surface area contributed by atoms with E-state index in [1.54, 1.807) is 4.90 Å². The second kappa shape index (κ2) is 6.93. The van der Waals surface area contributed by atoms with Crippen LogP contribution in [-0.2, 0) is 19.7 Å². The number of piperidine rings is 1. The van der Waals surface area contributed by atoms with Gasteiger partial charge in [0.15, 0.2) is 0 Å². The molecule has 24 heavy (non-hydrogen) atoms. The Morgan fingerprint density at radius 3 is 2.50 bits per heavy atom. The summed E-state index contributed by atoms with van der Waals surface area (Å²) in [5.41, 5.74) is 1.61. The predicted molar refractivity (Wildman–Crippen MR) is 89.8 cm³/mol. The molecular formula is C19H25NO4. The molecule has 1 N–H and O–H groups in total. The van der Waals surface area contributed by atoms with Gasteiger partial charge in [-0.1, -0.05) is 29.8 Å². The summed E-state index contributed by atoms with van der Waals surface area (Å²) in [6, 6.07) is 8.15. The van der Waals surface area contributed by atoms with Crippen molar-refractivity contribution in [3.05, 3.63) is 35.4 Å². The van der Waals surface area contributed by atoms with Gasteiger partial charge in [0, 0.05) is 26.3 Å². The maximum atomic E-state index is 13.4. The SMILES string of the molecule is Cc1ccc(C2(C(=O)N3CCC[C@H](C(=O)O)C3)CCOCC2)cc1. The number of aryl methyl sites for hydroxylation is 1. The van der Waals surface area contributed by atoms with Gasteiger partial charge >= 0.3 is 5.97 Å². The number of rotatable bonds is 3. The number of hydrogen-bond acceptors (Lipinski definition) is 3. The van der Waals surface area contributed by atoms with E-state index in [-0.39, 0.29) is 5.91 Å². The number of carboxylic acids is 1. The van der Waals surface area contributed by atoms with Gasteiger partial charge in [0.2, 0.25) is 5.91 Å². The van der Waals surface area contributed by atoms with Crippen molar-refractivity contribution in [1.82, 2.24) is 4.90 Å². The smallest absolute Gasteiger partial charge is 0.308 e. The third kappa shape index (κ3) is 3.18. The van der Waals surface area contributed by atoms with Gasteiger partial charge in [0.05, 0.1) is 11.3 Å². The fraction of sp³-hybridized carbons (Fsp3) is 0.579. The fourth-order valence-corrected chi connectivity index (χ4v) is 3.88. The minimum atomic E-state index is -0.802. The minimum Gasteiger partial charge on any atom is -0.481 e. The number of ether oxygens (including phenoxy) is 1. The van der Waals surface area contributed by atoms with Gasteiger partial charge < -0.3 is 14.7 Å². The molecule has 1 aromatic carbocycles. The number of carbonyl (C=O) groups excluding carboxylic acids is 1. The van der Waals surface area contributed by atoms with Crippen LogP contribution in [0.5, 0.6) is 0 Å². The highest BCUT2D eigenvalue weighted by molar-refractivity contribution is 5.89. The maximum absolute atomic E-state index is 13.4. The van der Waals surface area contributed by atoms with Crippen molar-refractivity contribution in [2.24, 2.45) is 5.92 Å². The van der Waals surface area contributed by atoms with Gasteiger partial charge in [-0.3, -0.25) is 9.59 Å². The Kier molecular flexibility index (Phi) is 4.90. The van der Waals surface area contributed by atoms with E-state index >= 15 is 0 Å². The van der Waals surface area contributed by atoms with Crippen LogP contribution in [0.2, 0.25) is 0 Å². The number of aliphatic carboxylic acids is 1. The molecule has 2 saturated heterocycles. The minimum absolute atomic E-state index is 0.0700. The topological polar surface area (TPSA) is 66.8 Å². The van der Waals surface area contributed by atoms with E-state index in [1.807, 2.05) is 31.2 Å². The van der Waals surface area contributed by atoms with Crippen molar-refractivity contribution in [2.75, 3.05) is 26.3 Å². The lowest BCUT2D eigenvalue weighted by Crippen LogP contribution is -2.53. The van der Waals surface area contributed by atoms with Crippen LogP contribution in [0.25, 0.3) is 0 Å². The molecule has 0 saturated carbocycles. The van der Waals surface area contributed by atoms with E-state index in [4.69, 9.17) is 4.74 Å². The highest BCUT2D eigenvalue weighted by atomic mass is 16.5. The van der Waals surface area contributed by atoms with E-state index in [2.05, 4.69) is 0 Å². The average molecular weight is 331 g/mol. The largest absolute Gasteiger partial charge is 0.481 e. The van der Waals surface area contributed by atoms with Gasteiger partial charge in [-0.2, -0.15) is 0 Å². The summed E-state index contributed by atoms with van der Waals surface area (Å²) in [5.74, 6) is -1.18. The average Bonchev–Trinajstić information content (AvgIpc) is 2.62. The second-order valence-corrected chi connectivity index (χ2v) is 6.99. The molecule has 5 heteroatoms. The first-order valence-corrected chi connectivity index (χ1v) is 8.70. The van der Waals surface area contributed by atoms with Crippen molar-refractivity contribution >= 4 is 11.9 Å². The molecule has 2 aliphatic heterocycles. The third-order valence-electron chi connectivity index (χ3n) is 5.42. The lowest BCUT2D eigenvalue weighted by atomic mass is 9.72. The highest BCUT2D eigenvalue weighted by Gasteiger charge is 2.45. The van der Waals surface area contributed by atoms with E-state index in [0.29, 0.717) is 45.6 Å². The number of benzene rings is 1. The molecule has 2 fully saturated rings. The van der Waals surface area contributed by atoms with Crippen LogP contribution in [-0.4, -0.2) is 48.2 Å². The zero-order chi connectivity index (χ0) is 17.2. The lowest BCUT2D eigenvalue weighted by Gasteiger charge is -2.42. The number of carbonyl (C=O) groups is 2. The van der Waals surface area contributed by atoms with Crippen LogP contribution in [0.1, 0.15) is 36.8 Å². The summed E-state index contributed by atoms with van der Waals surface area (Å²) in [4.78, 5) is 26.5. The number of amides is 1. The van der Waals surface area contributed by atoms with Gasteiger partial charge in [0.1, 0.15) is 0 Å². The number of nitrogens with zero attached hydrogens (tertiary/aromatic N) is 1. The Balaban J connectivity index is 1.89. The van der Waals surface area contributed by atoms with Gasteiger partial charge in [-0.15, -0.1) is 0 Å². The Morgan fingerprint density at radius 2 is 1.88 bits per heavy atom. The van der Waals surface area contributed by atoms with Crippen LogP contribution in [0.15, 0.2) is 24.3 Å². The summed E-state index contributed by atoms with van der Waals surface area (Å²) in [6.45, 7) is 4.13. The van der Waals surface area contributed by atoms with E-state index < -0.39 is 17.3 Å². The molecule has 1 amide bonds. The summed E-state index contributed by atoms with van der Waals surface area (Å²) in [7, 11) is 0. The first-order valence-electron chi connectivity index (χ1n) is 8.70. The van der Waals surface area contributed by atoms with E-state index in [9.17, 15) is 14.7 Å². The molecule has 2 heterocycles.